The van der Waals surface area contributed by atoms with Gasteiger partial charge in [0.2, 0.25) is 11.0 Å². The van der Waals surface area contributed by atoms with Gasteiger partial charge in [0.15, 0.2) is 0 Å². The lowest BCUT2D eigenvalue weighted by atomic mass is 9.98. The predicted octanol–water partition coefficient (Wildman–Crippen LogP) is 4.39. The van der Waals surface area contributed by atoms with E-state index in [0.29, 0.717) is 28.2 Å². The molecule has 3 rings (SSSR count). The summed E-state index contributed by atoms with van der Waals surface area (Å²) in [5.74, 6) is -0.940. The zero-order chi connectivity index (χ0) is 23.1. The fourth-order valence-electron chi connectivity index (χ4n) is 2.84. The molecule has 0 saturated heterocycles. The number of anilines is 2. The molecule has 0 aliphatic carbocycles. The maximum Gasteiger partial charge on any atom is 0.319 e. The average Bonchev–Trinajstić information content (AvgIpc) is 3.25. The first kappa shape index (κ1) is 22.8. The van der Waals surface area contributed by atoms with Crippen LogP contribution >= 0.6 is 11.3 Å². The summed E-state index contributed by atoms with van der Waals surface area (Å²) in [7, 11) is 0. The van der Waals surface area contributed by atoms with E-state index in [9.17, 15) is 14.0 Å². The molecule has 0 aliphatic rings. The van der Waals surface area contributed by atoms with Crippen LogP contribution in [0.2, 0.25) is 0 Å². The number of rotatable bonds is 7. The summed E-state index contributed by atoms with van der Waals surface area (Å²) in [6, 6.07) is 12.9. The van der Waals surface area contributed by atoms with E-state index in [1.807, 2.05) is 19.9 Å². The molecule has 0 fully saturated rings. The first-order chi connectivity index (χ1) is 15.4. The van der Waals surface area contributed by atoms with Crippen LogP contribution in [-0.2, 0) is 4.79 Å². The lowest BCUT2D eigenvalue weighted by molar-refractivity contribution is -0.119. The Kier molecular flexibility index (Phi) is 7.46. The molecule has 0 unspecified atom stereocenters. The van der Waals surface area contributed by atoms with Crippen molar-refractivity contribution in [2.45, 2.75) is 26.3 Å². The number of urea groups is 1. The standard InChI is InChI=1S/C22H21FN6O2S/c1-3-13(2)18(26-21(31)25-17-6-4-5-14(11-17)12-24)19(30)27-22-29-28-20(32-22)15-7-9-16(23)10-8-15/h4-11,13,18H,3H2,1-2H3,(H2,25,26,31)(H,27,29,30)/t13-,18+/m0/s1. The molecule has 164 valence electrons. The SMILES string of the molecule is CC[C@H](C)[C@@H](NC(=O)Nc1cccc(C#N)c1)C(=O)Nc1nnc(-c2ccc(F)cc2)s1. The Morgan fingerprint density at radius 2 is 1.91 bits per heavy atom. The second-order valence-corrected chi connectivity index (χ2v) is 8.04. The van der Waals surface area contributed by atoms with Gasteiger partial charge in [-0.1, -0.05) is 37.7 Å². The maximum absolute atomic E-state index is 13.1. The third kappa shape index (κ3) is 5.86. The number of benzene rings is 2. The van der Waals surface area contributed by atoms with Gasteiger partial charge in [0.05, 0.1) is 11.6 Å². The van der Waals surface area contributed by atoms with Crippen molar-refractivity contribution < 1.29 is 14.0 Å². The van der Waals surface area contributed by atoms with Crippen LogP contribution in [0.1, 0.15) is 25.8 Å². The highest BCUT2D eigenvalue weighted by Gasteiger charge is 2.27. The van der Waals surface area contributed by atoms with Crippen LogP contribution in [0, 0.1) is 23.1 Å². The second kappa shape index (κ2) is 10.5. The van der Waals surface area contributed by atoms with Crippen LogP contribution in [0.3, 0.4) is 0 Å². The number of amides is 3. The molecule has 3 amide bonds. The summed E-state index contributed by atoms with van der Waals surface area (Å²) in [5, 5.41) is 25.8. The second-order valence-electron chi connectivity index (χ2n) is 7.06. The van der Waals surface area contributed by atoms with Crippen molar-refractivity contribution in [3.8, 4) is 16.6 Å². The lowest BCUT2D eigenvalue weighted by Crippen LogP contribution is -2.49. The zero-order valence-corrected chi connectivity index (χ0v) is 18.2. The van der Waals surface area contributed by atoms with Gasteiger partial charge in [-0.15, -0.1) is 10.2 Å². The van der Waals surface area contributed by atoms with E-state index in [2.05, 4.69) is 26.1 Å². The highest BCUT2D eigenvalue weighted by molar-refractivity contribution is 7.18. The van der Waals surface area contributed by atoms with E-state index >= 15 is 0 Å². The van der Waals surface area contributed by atoms with E-state index in [4.69, 9.17) is 5.26 Å². The number of halogens is 1. The van der Waals surface area contributed by atoms with Gasteiger partial charge in [0, 0.05) is 11.3 Å². The van der Waals surface area contributed by atoms with Crippen LogP contribution < -0.4 is 16.0 Å². The largest absolute Gasteiger partial charge is 0.326 e. The summed E-state index contributed by atoms with van der Waals surface area (Å²) in [5.41, 5.74) is 1.53. The van der Waals surface area contributed by atoms with Crippen LogP contribution in [0.15, 0.2) is 48.5 Å². The third-order valence-corrected chi connectivity index (χ3v) is 5.67. The fourth-order valence-corrected chi connectivity index (χ4v) is 3.59. The molecule has 2 atom stereocenters. The highest BCUT2D eigenvalue weighted by Crippen LogP contribution is 2.26. The van der Waals surface area contributed by atoms with Crippen LogP contribution in [0.5, 0.6) is 0 Å². The third-order valence-electron chi connectivity index (χ3n) is 4.78. The van der Waals surface area contributed by atoms with Crippen molar-refractivity contribution >= 4 is 34.1 Å². The first-order valence-corrected chi connectivity index (χ1v) is 10.7. The smallest absolute Gasteiger partial charge is 0.319 e. The molecule has 0 aliphatic heterocycles. The Hall–Kier alpha value is -3.84. The lowest BCUT2D eigenvalue weighted by Gasteiger charge is -2.23. The summed E-state index contributed by atoms with van der Waals surface area (Å²) < 4.78 is 13.1. The monoisotopic (exact) mass is 452 g/mol. The van der Waals surface area contributed by atoms with E-state index in [1.54, 1.807) is 30.3 Å². The van der Waals surface area contributed by atoms with Gasteiger partial charge in [-0.2, -0.15) is 5.26 Å². The molecular weight excluding hydrogens is 431 g/mol. The van der Waals surface area contributed by atoms with Crippen molar-refractivity contribution in [1.29, 1.82) is 5.26 Å². The summed E-state index contributed by atoms with van der Waals surface area (Å²) >= 11 is 1.15. The van der Waals surface area contributed by atoms with E-state index in [-0.39, 0.29) is 16.9 Å². The van der Waals surface area contributed by atoms with Crippen molar-refractivity contribution in [2.24, 2.45) is 5.92 Å². The molecule has 3 aromatic rings. The van der Waals surface area contributed by atoms with E-state index in [1.165, 1.54) is 18.2 Å². The summed E-state index contributed by atoms with van der Waals surface area (Å²) in [6.07, 6.45) is 0.652. The molecule has 0 bridgehead atoms. The zero-order valence-electron chi connectivity index (χ0n) is 17.4. The molecule has 1 aromatic heterocycles. The number of carbonyl (C=O) groups is 2. The normalized spacial score (nSPS) is 12.3. The van der Waals surface area contributed by atoms with E-state index in [0.717, 1.165) is 11.3 Å². The predicted molar refractivity (Wildman–Crippen MR) is 120 cm³/mol. The van der Waals surface area contributed by atoms with Gasteiger partial charge >= 0.3 is 6.03 Å². The molecular formula is C22H21FN6O2S. The molecule has 1 heterocycles. The number of nitriles is 1. The summed E-state index contributed by atoms with van der Waals surface area (Å²) in [6.45, 7) is 3.77. The minimum Gasteiger partial charge on any atom is -0.326 e. The number of aromatic nitrogens is 2. The van der Waals surface area contributed by atoms with Crippen LogP contribution in [-0.4, -0.2) is 28.2 Å². The van der Waals surface area contributed by atoms with Gasteiger partial charge in [-0.05, 0) is 48.4 Å². The Morgan fingerprint density at radius 1 is 1.16 bits per heavy atom. The van der Waals surface area contributed by atoms with Crippen molar-refractivity contribution in [3.63, 3.8) is 0 Å². The number of hydrogen-bond acceptors (Lipinski definition) is 6. The molecule has 10 heteroatoms. The molecule has 0 radical (unpaired) electrons. The fraction of sp³-hybridized carbons (Fsp3) is 0.227. The van der Waals surface area contributed by atoms with Crippen LogP contribution in [0.25, 0.3) is 10.6 Å². The Morgan fingerprint density at radius 3 is 2.59 bits per heavy atom. The van der Waals surface area contributed by atoms with Crippen molar-refractivity contribution in [1.82, 2.24) is 15.5 Å². The van der Waals surface area contributed by atoms with Gasteiger partial charge in [-0.25, -0.2) is 9.18 Å². The molecule has 32 heavy (non-hydrogen) atoms. The number of hydrogen-bond donors (Lipinski definition) is 3. The van der Waals surface area contributed by atoms with Crippen molar-refractivity contribution in [3.05, 3.63) is 59.9 Å². The number of carbonyl (C=O) groups excluding carboxylic acids is 2. The molecule has 0 spiro atoms. The Labute approximate surface area is 188 Å². The minimum atomic E-state index is -0.822. The minimum absolute atomic E-state index is 0.157. The highest BCUT2D eigenvalue weighted by atomic mass is 32.1. The van der Waals surface area contributed by atoms with Crippen LogP contribution in [0.4, 0.5) is 20.0 Å². The number of nitrogens with one attached hydrogen (secondary N) is 3. The average molecular weight is 453 g/mol. The maximum atomic E-state index is 13.1. The molecule has 3 N–H and O–H groups in total. The summed E-state index contributed by atoms with van der Waals surface area (Å²) in [4.78, 5) is 25.4. The Bertz CT molecular complexity index is 1140. The van der Waals surface area contributed by atoms with E-state index < -0.39 is 18.0 Å². The van der Waals surface area contributed by atoms with Crippen molar-refractivity contribution in [2.75, 3.05) is 10.6 Å². The molecule has 0 saturated carbocycles. The van der Waals surface area contributed by atoms with Gasteiger partial charge in [-0.3, -0.25) is 10.1 Å². The Balaban J connectivity index is 1.67. The topological polar surface area (TPSA) is 120 Å². The van der Waals surface area contributed by atoms with Gasteiger partial charge in [0.25, 0.3) is 0 Å². The van der Waals surface area contributed by atoms with Gasteiger partial charge < -0.3 is 10.6 Å². The quantitative estimate of drug-likeness (QED) is 0.491. The molecule has 8 nitrogen and oxygen atoms in total. The first-order valence-electron chi connectivity index (χ1n) is 9.87. The number of nitrogens with zero attached hydrogens (tertiary/aromatic N) is 3. The molecule has 2 aromatic carbocycles. The van der Waals surface area contributed by atoms with Gasteiger partial charge in [0.1, 0.15) is 16.9 Å².